The summed E-state index contributed by atoms with van der Waals surface area (Å²) >= 11 is 0. The third-order valence-corrected chi connectivity index (χ3v) is 5.54. The molecule has 2 unspecified atom stereocenters. The molecule has 33 heavy (non-hydrogen) atoms. The van der Waals surface area contributed by atoms with Crippen LogP contribution in [0.15, 0.2) is 79.1 Å². The number of aromatic nitrogens is 2. The van der Waals surface area contributed by atoms with Crippen molar-refractivity contribution in [1.29, 1.82) is 0 Å². The Morgan fingerprint density at radius 3 is 2.67 bits per heavy atom. The van der Waals surface area contributed by atoms with Crippen molar-refractivity contribution in [2.45, 2.75) is 18.7 Å². The first kappa shape index (κ1) is 20.8. The fourth-order valence-electron chi connectivity index (χ4n) is 3.86. The van der Waals surface area contributed by atoms with E-state index in [0.29, 0.717) is 24.7 Å². The van der Waals surface area contributed by atoms with Crippen molar-refractivity contribution in [2.75, 3.05) is 13.2 Å². The van der Waals surface area contributed by atoms with E-state index in [4.69, 9.17) is 9.47 Å². The van der Waals surface area contributed by atoms with E-state index >= 15 is 0 Å². The quantitative estimate of drug-likeness (QED) is 0.468. The van der Waals surface area contributed by atoms with Gasteiger partial charge in [-0.1, -0.05) is 36.4 Å². The van der Waals surface area contributed by atoms with E-state index in [9.17, 15) is 9.18 Å². The van der Waals surface area contributed by atoms with Crippen molar-refractivity contribution in [3.63, 3.8) is 0 Å². The molecule has 4 aromatic rings. The third kappa shape index (κ3) is 4.74. The van der Waals surface area contributed by atoms with Gasteiger partial charge in [0.15, 0.2) is 17.6 Å². The lowest BCUT2D eigenvalue weighted by Gasteiger charge is -2.27. The second kappa shape index (κ2) is 9.20. The zero-order valence-electron chi connectivity index (χ0n) is 17.8. The predicted molar refractivity (Wildman–Crippen MR) is 122 cm³/mol. The molecular weight excluding hydrogens is 423 g/mol. The number of amides is 2. The molecule has 0 aliphatic carbocycles. The van der Waals surface area contributed by atoms with E-state index in [-0.39, 0.29) is 24.5 Å². The fourth-order valence-corrected chi connectivity index (χ4v) is 3.86. The SMILES string of the molecule is O=C(NCC1COc2ccccc2O1)NC(Cn1cnc2ccccc21)c1ccc(F)cc1. The number of rotatable bonds is 6. The summed E-state index contributed by atoms with van der Waals surface area (Å²) in [5, 5.41) is 5.85. The lowest BCUT2D eigenvalue weighted by molar-refractivity contribution is 0.0917. The van der Waals surface area contributed by atoms with Crippen LogP contribution in [0.4, 0.5) is 9.18 Å². The number of ether oxygens (including phenoxy) is 2. The van der Waals surface area contributed by atoms with Gasteiger partial charge in [0.2, 0.25) is 0 Å². The minimum atomic E-state index is -0.396. The maximum Gasteiger partial charge on any atom is 0.315 e. The Kier molecular flexibility index (Phi) is 5.80. The normalized spacial score (nSPS) is 15.7. The molecule has 1 aliphatic heterocycles. The first-order valence-corrected chi connectivity index (χ1v) is 10.7. The van der Waals surface area contributed by atoms with Crippen molar-refractivity contribution in [1.82, 2.24) is 20.2 Å². The van der Waals surface area contributed by atoms with E-state index in [2.05, 4.69) is 15.6 Å². The van der Waals surface area contributed by atoms with Crippen LogP contribution in [0.1, 0.15) is 11.6 Å². The predicted octanol–water partition coefficient (Wildman–Crippen LogP) is 4.06. The highest BCUT2D eigenvalue weighted by atomic mass is 19.1. The maximum atomic E-state index is 13.5. The van der Waals surface area contributed by atoms with Crippen LogP contribution in [0.25, 0.3) is 11.0 Å². The Labute approximate surface area is 190 Å². The summed E-state index contributed by atoms with van der Waals surface area (Å²) in [5.41, 5.74) is 2.61. The van der Waals surface area contributed by atoms with Crippen LogP contribution in [0.5, 0.6) is 11.5 Å². The van der Waals surface area contributed by atoms with E-state index in [1.165, 1.54) is 12.1 Å². The molecule has 0 saturated carbocycles. The summed E-state index contributed by atoms with van der Waals surface area (Å²) in [6, 6.07) is 20.6. The van der Waals surface area contributed by atoms with Crippen LogP contribution in [-0.2, 0) is 6.54 Å². The topological polar surface area (TPSA) is 77.4 Å². The van der Waals surface area contributed by atoms with Crippen LogP contribution in [-0.4, -0.2) is 34.8 Å². The summed E-state index contributed by atoms with van der Waals surface area (Å²) in [6.07, 6.45) is 1.44. The maximum absolute atomic E-state index is 13.5. The molecule has 2 heterocycles. The highest BCUT2D eigenvalue weighted by Gasteiger charge is 2.22. The largest absolute Gasteiger partial charge is 0.486 e. The monoisotopic (exact) mass is 446 g/mol. The molecule has 2 amide bonds. The fraction of sp³-hybridized carbons (Fsp3) is 0.200. The molecule has 0 fully saturated rings. The molecule has 2 atom stereocenters. The Balaban J connectivity index is 1.26. The molecule has 0 radical (unpaired) electrons. The Morgan fingerprint density at radius 1 is 1.06 bits per heavy atom. The van der Waals surface area contributed by atoms with Crippen LogP contribution < -0.4 is 20.1 Å². The number of carbonyl (C=O) groups is 1. The first-order chi connectivity index (χ1) is 16.2. The Bertz CT molecular complexity index is 1260. The highest BCUT2D eigenvalue weighted by molar-refractivity contribution is 5.76. The number of hydrogen-bond acceptors (Lipinski definition) is 4. The van der Waals surface area contributed by atoms with Crippen LogP contribution in [0.3, 0.4) is 0 Å². The molecule has 3 aromatic carbocycles. The number of urea groups is 1. The minimum Gasteiger partial charge on any atom is -0.486 e. The van der Waals surface area contributed by atoms with Gasteiger partial charge in [-0.3, -0.25) is 0 Å². The Morgan fingerprint density at radius 2 is 1.82 bits per heavy atom. The van der Waals surface area contributed by atoms with Gasteiger partial charge in [0.05, 0.1) is 29.9 Å². The number of nitrogens with one attached hydrogen (secondary N) is 2. The Hall–Kier alpha value is -4.07. The average Bonchev–Trinajstić information content (AvgIpc) is 3.25. The number of nitrogens with zero attached hydrogens (tertiary/aromatic N) is 2. The molecule has 0 bridgehead atoms. The van der Waals surface area contributed by atoms with E-state index in [1.807, 2.05) is 53.1 Å². The van der Waals surface area contributed by atoms with Crippen molar-refractivity contribution in [2.24, 2.45) is 0 Å². The molecule has 1 aliphatic rings. The molecule has 2 N–H and O–H groups in total. The molecule has 5 rings (SSSR count). The van der Waals surface area contributed by atoms with Crippen LogP contribution in [0, 0.1) is 5.82 Å². The molecule has 1 aromatic heterocycles. The van der Waals surface area contributed by atoms with Gasteiger partial charge in [-0.05, 0) is 42.0 Å². The van der Waals surface area contributed by atoms with E-state index in [1.54, 1.807) is 18.5 Å². The van der Waals surface area contributed by atoms with Crippen LogP contribution >= 0.6 is 0 Å². The first-order valence-electron chi connectivity index (χ1n) is 10.7. The molecule has 0 saturated heterocycles. The molecular formula is C25H23FN4O3. The van der Waals surface area contributed by atoms with Gasteiger partial charge < -0.3 is 24.7 Å². The number of carbonyl (C=O) groups excluding carboxylic acids is 1. The van der Waals surface area contributed by atoms with Gasteiger partial charge in [0.25, 0.3) is 0 Å². The lowest BCUT2D eigenvalue weighted by atomic mass is 10.1. The second-order valence-corrected chi connectivity index (χ2v) is 7.84. The minimum absolute atomic E-state index is 0.282. The van der Waals surface area contributed by atoms with Crippen molar-refractivity contribution < 1.29 is 18.7 Å². The van der Waals surface area contributed by atoms with Gasteiger partial charge >= 0.3 is 6.03 Å². The molecule has 8 heteroatoms. The zero-order chi connectivity index (χ0) is 22.6. The number of halogens is 1. The van der Waals surface area contributed by atoms with E-state index in [0.717, 1.165) is 16.6 Å². The van der Waals surface area contributed by atoms with Gasteiger partial charge in [0.1, 0.15) is 12.4 Å². The van der Waals surface area contributed by atoms with Crippen molar-refractivity contribution in [3.05, 3.63) is 90.5 Å². The average molecular weight is 446 g/mol. The van der Waals surface area contributed by atoms with Crippen LogP contribution in [0.2, 0.25) is 0 Å². The molecule has 0 spiro atoms. The number of para-hydroxylation sites is 4. The molecule has 7 nitrogen and oxygen atoms in total. The van der Waals surface area contributed by atoms with Gasteiger partial charge in [-0.15, -0.1) is 0 Å². The lowest BCUT2D eigenvalue weighted by Crippen LogP contribution is -2.45. The van der Waals surface area contributed by atoms with Gasteiger partial charge in [-0.25, -0.2) is 14.2 Å². The standard InChI is InChI=1S/C25H23FN4O3/c26-18-11-9-17(10-12-18)21(14-30-16-28-20-5-1-2-6-22(20)30)29-25(31)27-13-19-15-32-23-7-3-4-8-24(23)33-19/h1-12,16,19,21H,13-15H2,(H2,27,29,31). The number of hydrogen-bond donors (Lipinski definition) is 2. The van der Waals surface area contributed by atoms with Gasteiger partial charge in [0, 0.05) is 6.54 Å². The summed E-state index contributed by atoms with van der Waals surface area (Å²) in [4.78, 5) is 17.2. The second-order valence-electron chi connectivity index (χ2n) is 7.84. The highest BCUT2D eigenvalue weighted by Crippen LogP contribution is 2.30. The summed E-state index contributed by atoms with van der Waals surface area (Å²) in [7, 11) is 0. The van der Waals surface area contributed by atoms with Crippen molar-refractivity contribution in [3.8, 4) is 11.5 Å². The summed E-state index contributed by atoms with van der Waals surface area (Å²) in [6.45, 7) is 1.07. The van der Waals surface area contributed by atoms with Crippen molar-refractivity contribution >= 4 is 17.1 Å². The smallest absolute Gasteiger partial charge is 0.315 e. The number of fused-ring (bicyclic) bond motifs is 2. The van der Waals surface area contributed by atoms with Gasteiger partial charge in [-0.2, -0.15) is 0 Å². The number of benzene rings is 3. The third-order valence-electron chi connectivity index (χ3n) is 5.54. The van der Waals surface area contributed by atoms with E-state index < -0.39 is 6.04 Å². The summed E-state index contributed by atoms with van der Waals surface area (Å²) < 4.78 is 27.1. The number of imidazole rings is 1. The zero-order valence-corrected chi connectivity index (χ0v) is 17.8. The summed E-state index contributed by atoms with van der Waals surface area (Å²) in [5.74, 6) is 1.03. The molecule has 168 valence electrons.